The van der Waals surface area contributed by atoms with E-state index >= 15 is 0 Å². The highest BCUT2D eigenvalue weighted by Gasteiger charge is 2.44. The first-order chi connectivity index (χ1) is 5.74. The molecule has 0 bridgehead atoms. The fourth-order valence-electron chi connectivity index (χ4n) is 2.18. The maximum Gasteiger partial charge on any atom is 0.222 e. The van der Waals surface area contributed by atoms with Gasteiger partial charge in [0.1, 0.15) is 0 Å². The third kappa shape index (κ3) is 1.22. The Hall–Kier alpha value is -0.570. The van der Waals surface area contributed by atoms with Gasteiger partial charge in [0.05, 0.1) is 5.54 Å². The van der Waals surface area contributed by atoms with Crippen LogP contribution in [0.5, 0.6) is 0 Å². The molecule has 1 spiro atoms. The Morgan fingerprint density at radius 2 is 2.08 bits per heavy atom. The number of β-lactam (4-membered cyclic amide) rings is 1. The van der Waals surface area contributed by atoms with E-state index in [9.17, 15) is 4.79 Å². The predicted octanol–water partition coefficient (Wildman–Crippen LogP) is 0.361. The molecule has 0 radical (unpaired) electrons. The lowest BCUT2D eigenvalue weighted by Gasteiger charge is -2.47. The normalized spacial score (nSPS) is 28.2. The van der Waals surface area contributed by atoms with Crippen molar-refractivity contribution < 1.29 is 4.79 Å². The number of carbonyl (C=O) groups is 1. The molecule has 0 unspecified atom stereocenters. The first-order valence-corrected chi connectivity index (χ1v) is 4.77. The highest BCUT2D eigenvalue weighted by Crippen LogP contribution is 2.31. The summed E-state index contributed by atoms with van der Waals surface area (Å²) < 4.78 is 0. The number of nitrogens with zero attached hydrogens (tertiary/aromatic N) is 1. The Morgan fingerprint density at radius 1 is 1.50 bits per heavy atom. The van der Waals surface area contributed by atoms with Crippen LogP contribution in [-0.2, 0) is 4.79 Å². The number of piperidine rings is 1. The molecule has 2 heterocycles. The van der Waals surface area contributed by atoms with Crippen LogP contribution >= 0.6 is 0 Å². The lowest BCUT2D eigenvalue weighted by Crippen LogP contribution is -2.64. The Labute approximate surface area is 73.1 Å². The lowest BCUT2D eigenvalue weighted by molar-refractivity contribution is -0.134. The topological polar surface area (TPSA) is 32.3 Å². The molecule has 2 aliphatic heterocycles. The molecule has 3 heteroatoms. The molecule has 2 rings (SSSR count). The van der Waals surface area contributed by atoms with E-state index in [1.54, 1.807) is 0 Å². The largest absolute Gasteiger partial charge is 0.350 e. The minimum absolute atomic E-state index is 0.211. The second kappa shape index (κ2) is 2.73. The van der Waals surface area contributed by atoms with Crippen LogP contribution in [0, 0.1) is 0 Å². The molecule has 1 N–H and O–H groups in total. The minimum atomic E-state index is 0.211. The summed E-state index contributed by atoms with van der Waals surface area (Å²) in [5, 5.41) is 3.04. The van der Waals surface area contributed by atoms with Crippen molar-refractivity contribution >= 4 is 5.91 Å². The SMILES string of the molecule is CCN1CCC2(CC1)CC(=O)N2. The lowest BCUT2D eigenvalue weighted by atomic mass is 9.78. The maximum atomic E-state index is 10.8. The van der Waals surface area contributed by atoms with Crippen molar-refractivity contribution in [1.82, 2.24) is 10.2 Å². The van der Waals surface area contributed by atoms with Crippen molar-refractivity contribution in [2.45, 2.75) is 31.7 Å². The first kappa shape index (κ1) is 8.05. The van der Waals surface area contributed by atoms with E-state index in [-0.39, 0.29) is 11.4 Å². The van der Waals surface area contributed by atoms with Crippen LogP contribution in [0.3, 0.4) is 0 Å². The fourth-order valence-corrected chi connectivity index (χ4v) is 2.18. The number of nitrogens with one attached hydrogen (secondary N) is 1. The third-order valence-corrected chi connectivity index (χ3v) is 3.16. The summed E-state index contributed by atoms with van der Waals surface area (Å²) in [6.07, 6.45) is 3.06. The summed E-state index contributed by atoms with van der Waals surface area (Å²) in [6, 6.07) is 0. The van der Waals surface area contributed by atoms with Crippen LogP contribution < -0.4 is 5.32 Å². The van der Waals surface area contributed by atoms with Crippen molar-refractivity contribution in [1.29, 1.82) is 0 Å². The van der Waals surface area contributed by atoms with Gasteiger partial charge in [-0.15, -0.1) is 0 Å². The summed E-state index contributed by atoms with van der Waals surface area (Å²) >= 11 is 0. The number of carbonyl (C=O) groups excluding carboxylic acids is 1. The van der Waals surface area contributed by atoms with Gasteiger partial charge in [-0.2, -0.15) is 0 Å². The zero-order valence-corrected chi connectivity index (χ0v) is 7.60. The van der Waals surface area contributed by atoms with Gasteiger partial charge in [-0.3, -0.25) is 4.79 Å². The van der Waals surface area contributed by atoms with Crippen LogP contribution in [-0.4, -0.2) is 36.0 Å². The first-order valence-electron chi connectivity index (χ1n) is 4.77. The van der Waals surface area contributed by atoms with Gasteiger partial charge in [-0.05, 0) is 19.4 Å². The zero-order chi connectivity index (χ0) is 8.60. The molecule has 3 nitrogen and oxygen atoms in total. The molecule has 0 aromatic heterocycles. The van der Waals surface area contributed by atoms with E-state index in [2.05, 4.69) is 17.1 Å². The van der Waals surface area contributed by atoms with Crippen molar-refractivity contribution in [3.63, 3.8) is 0 Å². The number of hydrogen-bond acceptors (Lipinski definition) is 2. The van der Waals surface area contributed by atoms with E-state index in [0.717, 1.165) is 38.9 Å². The monoisotopic (exact) mass is 168 g/mol. The van der Waals surface area contributed by atoms with Gasteiger partial charge in [0, 0.05) is 19.5 Å². The second-order valence-electron chi connectivity index (χ2n) is 3.94. The van der Waals surface area contributed by atoms with Gasteiger partial charge in [-0.1, -0.05) is 6.92 Å². The van der Waals surface area contributed by atoms with Gasteiger partial charge in [0.15, 0.2) is 0 Å². The number of amides is 1. The van der Waals surface area contributed by atoms with Gasteiger partial charge in [-0.25, -0.2) is 0 Å². The van der Waals surface area contributed by atoms with Crippen molar-refractivity contribution in [3.05, 3.63) is 0 Å². The smallest absolute Gasteiger partial charge is 0.222 e. The summed E-state index contributed by atoms with van der Waals surface area (Å²) in [5.74, 6) is 0.236. The van der Waals surface area contributed by atoms with Gasteiger partial charge in [0.25, 0.3) is 0 Å². The molecule has 0 aromatic rings. The molecular formula is C9H16N2O. The van der Waals surface area contributed by atoms with Gasteiger partial charge in [0.2, 0.25) is 5.91 Å². The van der Waals surface area contributed by atoms with Crippen LogP contribution in [0.4, 0.5) is 0 Å². The predicted molar refractivity (Wildman–Crippen MR) is 46.8 cm³/mol. The maximum absolute atomic E-state index is 10.8. The Balaban J connectivity index is 1.86. The quantitative estimate of drug-likeness (QED) is 0.573. The van der Waals surface area contributed by atoms with Gasteiger partial charge >= 0.3 is 0 Å². The summed E-state index contributed by atoms with van der Waals surface area (Å²) in [7, 11) is 0. The van der Waals surface area contributed by atoms with E-state index in [1.807, 2.05) is 0 Å². The molecule has 0 aromatic carbocycles. The Bertz CT molecular complexity index is 185. The minimum Gasteiger partial charge on any atom is -0.350 e. The van der Waals surface area contributed by atoms with Crippen LogP contribution in [0.1, 0.15) is 26.2 Å². The molecule has 2 saturated heterocycles. The highest BCUT2D eigenvalue weighted by atomic mass is 16.2. The van der Waals surface area contributed by atoms with E-state index in [1.165, 1.54) is 0 Å². The van der Waals surface area contributed by atoms with E-state index < -0.39 is 0 Å². The molecule has 12 heavy (non-hydrogen) atoms. The molecule has 0 aliphatic carbocycles. The molecule has 2 aliphatic rings. The Morgan fingerprint density at radius 3 is 2.50 bits per heavy atom. The molecule has 1 amide bonds. The van der Waals surface area contributed by atoms with Crippen molar-refractivity contribution in [3.8, 4) is 0 Å². The van der Waals surface area contributed by atoms with E-state index in [4.69, 9.17) is 0 Å². The third-order valence-electron chi connectivity index (χ3n) is 3.16. The average molecular weight is 168 g/mol. The van der Waals surface area contributed by atoms with Crippen LogP contribution in [0.2, 0.25) is 0 Å². The van der Waals surface area contributed by atoms with Crippen LogP contribution in [0.15, 0.2) is 0 Å². The van der Waals surface area contributed by atoms with Crippen LogP contribution in [0.25, 0.3) is 0 Å². The second-order valence-corrected chi connectivity index (χ2v) is 3.94. The standard InChI is InChI=1S/C9H16N2O/c1-2-11-5-3-9(4-6-11)7-8(12)10-9/h2-7H2,1H3,(H,10,12). The van der Waals surface area contributed by atoms with Crippen molar-refractivity contribution in [2.75, 3.05) is 19.6 Å². The molecule has 2 fully saturated rings. The molecule has 0 atom stereocenters. The van der Waals surface area contributed by atoms with Gasteiger partial charge < -0.3 is 10.2 Å². The fraction of sp³-hybridized carbons (Fsp3) is 0.889. The number of likely N-dealkylation sites (tertiary alicyclic amines) is 1. The molecular weight excluding hydrogens is 152 g/mol. The summed E-state index contributed by atoms with van der Waals surface area (Å²) in [5.41, 5.74) is 0.211. The van der Waals surface area contributed by atoms with E-state index in [0.29, 0.717) is 0 Å². The number of hydrogen-bond donors (Lipinski definition) is 1. The summed E-state index contributed by atoms with van der Waals surface area (Å²) in [4.78, 5) is 13.2. The molecule has 68 valence electrons. The summed E-state index contributed by atoms with van der Waals surface area (Å²) in [6.45, 7) is 5.63. The Kier molecular flexibility index (Phi) is 1.83. The number of rotatable bonds is 1. The molecule has 0 saturated carbocycles. The van der Waals surface area contributed by atoms with Crippen molar-refractivity contribution in [2.24, 2.45) is 0 Å². The average Bonchev–Trinajstić information content (AvgIpc) is 2.04. The highest BCUT2D eigenvalue weighted by molar-refractivity contribution is 5.84. The zero-order valence-electron chi connectivity index (χ0n) is 7.60.